The standard InChI is InChI=1S/C13H14FNOS/c1-13(16,9-12-15-5-6-17-12)8-10-3-2-4-11(14)7-10/h2-7,16H,8-9H2,1H3. The van der Waals surface area contributed by atoms with Gasteiger partial charge in [-0.05, 0) is 24.6 Å². The van der Waals surface area contributed by atoms with Crippen molar-refractivity contribution in [2.45, 2.75) is 25.4 Å². The second-order valence-corrected chi connectivity index (χ2v) is 5.39. The van der Waals surface area contributed by atoms with Crippen LogP contribution in [0.15, 0.2) is 35.8 Å². The summed E-state index contributed by atoms with van der Waals surface area (Å²) in [4.78, 5) is 4.15. The molecule has 0 saturated heterocycles. The molecule has 2 aromatic rings. The number of aromatic nitrogens is 1. The molecule has 0 radical (unpaired) electrons. The lowest BCUT2D eigenvalue weighted by Gasteiger charge is -2.22. The molecule has 17 heavy (non-hydrogen) atoms. The summed E-state index contributed by atoms with van der Waals surface area (Å²) in [7, 11) is 0. The van der Waals surface area contributed by atoms with E-state index in [1.807, 2.05) is 11.4 Å². The van der Waals surface area contributed by atoms with Crippen molar-refractivity contribution in [1.82, 2.24) is 4.98 Å². The maximum Gasteiger partial charge on any atom is 0.123 e. The predicted octanol–water partition coefficient (Wildman–Crippen LogP) is 2.82. The Morgan fingerprint density at radius 1 is 1.41 bits per heavy atom. The summed E-state index contributed by atoms with van der Waals surface area (Å²) in [5.74, 6) is -0.271. The molecular formula is C13H14FNOS. The van der Waals surface area contributed by atoms with Crippen LogP contribution in [-0.2, 0) is 12.8 Å². The Morgan fingerprint density at radius 3 is 2.88 bits per heavy atom. The van der Waals surface area contributed by atoms with Crippen LogP contribution in [0.2, 0.25) is 0 Å². The Morgan fingerprint density at radius 2 is 2.24 bits per heavy atom. The van der Waals surface area contributed by atoms with Crippen LogP contribution < -0.4 is 0 Å². The van der Waals surface area contributed by atoms with Gasteiger partial charge in [0.2, 0.25) is 0 Å². The summed E-state index contributed by atoms with van der Waals surface area (Å²) in [5.41, 5.74) is -0.0994. The van der Waals surface area contributed by atoms with Crippen LogP contribution in [0.5, 0.6) is 0 Å². The number of aliphatic hydroxyl groups is 1. The zero-order valence-corrected chi connectivity index (χ0v) is 10.4. The molecule has 1 aromatic heterocycles. The van der Waals surface area contributed by atoms with Crippen LogP contribution in [0.4, 0.5) is 4.39 Å². The predicted molar refractivity (Wildman–Crippen MR) is 66.5 cm³/mol. The molecule has 0 aliphatic rings. The van der Waals surface area contributed by atoms with E-state index in [4.69, 9.17) is 0 Å². The SMILES string of the molecule is CC(O)(Cc1cccc(F)c1)Cc1nccs1. The molecule has 2 nitrogen and oxygen atoms in total. The molecule has 1 aromatic carbocycles. The van der Waals surface area contributed by atoms with Crippen molar-refractivity contribution < 1.29 is 9.50 Å². The first kappa shape index (κ1) is 12.2. The Balaban J connectivity index is 2.06. The maximum absolute atomic E-state index is 13.0. The van der Waals surface area contributed by atoms with Crippen LogP contribution in [0, 0.1) is 5.82 Å². The fraction of sp³-hybridized carbons (Fsp3) is 0.308. The number of rotatable bonds is 4. The van der Waals surface area contributed by atoms with Crippen LogP contribution in [-0.4, -0.2) is 15.7 Å². The molecule has 1 unspecified atom stereocenters. The highest BCUT2D eigenvalue weighted by molar-refractivity contribution is 7.09. The van der Waals surface area contributed by atoms with Gasteiger partial charge in [-0.3, -0.25) is 0 Å². The van der Waals surface area contributed by atoms with E-state index in [-0.39, 0.29) is 5.82 Å². The first-order valence-electron chi connectivity index (χ1n) is 5.40. The van der Waals surface area contributed by atoms with Gasteiger partial charge >= 0.3 is 0 Å². The Hall–Kier alpha value is -1.26. The highest BCUT2D eigenvalue weighted by atomic mass is 32.1. The number of hydrogen-bond donors (Lipinski definition) is 1. The third-order valence-corrected chi connectivity index (χ3v) is 3.27. The molecule has 2 rings (SSSR count). The van der Waals surface area contributed by atoms with E-state index in [9.17, 15) is 9.50 Å². The van der Waals surface area contributed by atoms with Crippen molar-refractivity contribution in [2.24, 2.45) is 0 Å². The quantitative estimate of drug-likeness (QED) is 0.906. The van der Waals surface area contributed by atoms with Gasteiger partial charge in [-0.25, -0.2) is 9.37 Å². The summed E-state index contributed by atoms with van der Waals surface area (Å²) >= 11 is 1.52. The van der Waals surface area contributed by atoms with Crippen LogP contribution in [0.3, 0.4) is 0 Å². The van der Waals surface area contributed by atoms with E-state index in [0.717, 1.165) is 10.6 Å². The summed E-state index contributed by atoms with van der Waals surface area (Å²) in [5, 5.41) is 13.1. The fourth-order valence-corrected chi connectivity index (χ4v) is 2.61. The third-order valence-electron chi connectivity index (χ3n) is 2.49. The second-order valence-electron chi connectivity index (χ2n) is 4.41. The minimum absolute atomic E-state index is 0.271. The van der Waals surface area contributed by atoms with Crippen LogP contribution in [0.1, 0.15) is 17.5 Å². The molecule has 0 saturated carbocycles. The lowest BCUT2D eigenvalue weighted by molar-refractivity contribution is 0.0607. The van der Waals surface area contributed by atoms with Gasteiger partial charge in [0.05, 0.1) is 10.6 Å². The van der Waals surface area contributed by atoms with Crippen molar-refractivity contribution in [2.75, 3.05) is 0 Å². The largest absolute Gasteiger partial charge is 0.389 e. The minimum atomic E-state index is -0.897. The van der Waals surface area contributed by atoms with Crippen molar-refractivity contribution in [1.29, 1.82) is 0 Å². The van der Waals surface area contributed by atoms with Gasteiger partial charge in [0.15, 0.2) is 0 Å². The first-order chi connectivity index (χ1) is 8.05. The summed E-state index contributed by atoms with van der Waals surface area (Å²) in [6.45, 7) is 1.75. The highest BCUT2D eigenvalue weighted by Crippen LogP contribution is 2.20. The van der Waals surface area contributed by atoms with Crippen molar-refractivity contribution in [3.8, 4) is 0 Å². The summed E-state index contributed by atoms with van der Waals surface area (Å²) < 4.78 is 13.0. The van der Waals surface area contributed by atoms with Gasteiger partial charge in [-0.15, -0.1) is 11.3 Å². The molecule has 0 aliphatic heterocycles. The zero-order valence-electron chi connectivity index (χ0n) is 9.56. The van der Waals surface area contributed by atoms with E-state index < -0.39 is 5.60 Å². The smallest absolute Gasteiger partial charge is 0.123 e. The van der Waals surface area contributed by atoms with Gasteiger partial charge in [-0.2, -0.15) is 0 Å². The Bertz CT molecular complexity index is 482. The topological polar surface area (TPSA) is 33.1 Å². The Kier molecular flexibility index (Phi) is 3.54. The molecular weight excluding hydrogens is 237 g/mol. The molecule has 0 spiro atoms. The van der Waals surface area contributed by atoms with Gasteiger partial charge in [-0.1, -0.05) is 12.1 Å². The summed E-state index contributed by atoms with van der Waals surface area (Å²) in [6, 6.07) is 6.33. The molecule has 90 valence electrons. The second kappa shape index (κ2) is 4.94. The number of hydrogen-bond acceptors (Lipinski definition) is 3. The van der Waals surface area contributed by atoms with E-state index in [1.54, 1.807) is 19.2 Å². The summed E-state index contributed by atoms with van der Waals surface area (Å²) in [6.07, 6.45) is 2.63. The molecule has 0 aliphatic carbocycles. The van der Waals surface area contributed by atoms with Crippen LogP contribution in [0.25, 0.3) is 0 Å². The molecule has 1 atom stereocenters. The molecule has 1 heterocycles. The molecule has 0 amide bonds. The normalized spacial score (nSPS) is 14.5. The zero-order chi connectivity index (χ0) is 12.3. The molecule has 4 heteroatoms. The number of nitrogens with zero attached hydrogens (tertiary/aromatic N) is 1. The highest BCUT2D eigenvalue weighted by Gasteiger charge is 2.22. The molecule has 0 bridgehead atoms. The van der Waals surface area contributed by atoms with E-state index in [1.165, 1.54) is 23.5 Å². The van der Waals surface area contributed by atoms with Crippen molar-refractivity contribution in [3.05, 3.63) is 52.2 Å². The number of halogens is 1. The maximum atomic E-state index is 13.0. The van der Waals surface area contributed by atoms with E-state index in [0.29, 0.717) is 12.8 Å². The van der Waals surface area contributed by atoms with E-state index >= 15 is 0 Å². The first-order valence-corrected chi connectivity index (χ1v) is 6.28. The van der Waals surface area contributed by atoms with Crippen molar-refractivity contribution >= 4 is 11.3 Å². The minimum Gasteiger partial charge on any atom is -0.389 e. The molecule has 1 N–H and O–H groups in total. The van der Waals surface area contributed by atoms with Crippen LogP contribution >= 0.6 is 11.3 Å². The lowest BCUT2D eigenvalue weighted by Crippen LogP contribution is -2.30. The fourth-order valence-electron chi connectivity index (χ4n) is 1.82. The van der Waals surface area contributed by atoms with Crippen molar-refractivity contribution in [3.63, 3.8) is 0 Å². The monoisotopic (exact) mass is 251 g/mol. The average molecular weight is 251 g/mol. The third kappa shape index (κ3) is 3.61. The van der Waals surface area contributed by atoms with Gasteiger partial charge in [0, 0.05) is 24.4 Å². The Labute approximate surface area is 104 Å². The lowest BCUT2D eigenvalue weighted by atomic mass is 9.93. The molecule has 0 fully saturated rings. The number of thiazole rings is 1. The van der Waals surface area contributed by atoms with Gasteiger partial charge < -0.3 is 5.11 Å². The van der Waals surface area contributed by atoms with Gasteiger partial charge in [0.25, 0.3) is 0 Å². The van der Waals surface area contributed by atoms with E-state index in [2.05, 4.69) is 4.98 Å². The van der Waals surface area contributed by atoms with Gasteiger partial charge in [0.1, 0.15) is 5.82 Å². The number of benzene rings is 1. The average Bonchev–Trinajstić information content (AvgIpc) is 2.68.